The molecule has 106 valence electrons. The first kappa shape index (κ1) is 16.0. The van der Waals surface area contributed by atoms with Crippen LogP contribution in [-0.4, -0.2) is 29.3 Å². The first-order chi connectivity index (χ1) is 9.08. The Morgan fingerprint density at radius 1 is 1.42 bits per heavy atom. The third-order valence-corrected chi connectivity index (χ3v) is 3.68. The van der Waals surface area contributed by atoms with Crippen LogP contribution in [0.4, 0.5) is 5.69 Å². The number of rotatable bonds is 8. The van der Waals surface area contributed by atoms with E-state index in [1.165, 1.54) is 0 Å². The van der Waals surface area contributed by atoms with Gasteiger partial charge in [-0.05, 0) is 52.9 Å². The van der Waals surface area contributed by atoms with E-state index < -0.39 is 5.97 Å². The predicted molar refractivity (Wildman–Crippen MR) is 79.7 cm³/mol. The molecule has 0 amide bonds. The number of halogens is 1. The van der Waals surface area contributed by atoms with Crippen molar-refractivity contribution in [3.05, 3.63) is 28.2 Å². The van der Waals surface area contributed by atoms with Gasteiger partial charge in [0.05, 0.1) is 5.56 Å². The summed E-state index contributed by atoms with van der Waals surface area (Å²) < 4.78 is 0.569. The van der Waals surface area contributed by atoms with Crippen LogP contribution in [0.3, 0.4) is 0 Å². The minimum absolute atomic E-state index is 0.202. The number of hydrogen-bond acceptors (Lipinski definition) is 3. The van der Waals surface area contributed by atoms with Crippen molar-refractivity contribution in [2.24, 2.45) is 5.92 Å². The molecule has 19 heavy (non-hydrogen) atoms. The topological polar surface area (TPSA) is 69.6 Å². The summed E-state index contributed by atoms with van der Waals surface area (Å²) in [6, 6.07) is 5.11. The second-order valence-corrected chi connectivity index (χ2v) is 5.40. The van der Waals surface area contributed by atoms with Crippen LogP contribution in [0, 0.1) is 5.92 Å². The summed E-state index contributed by atoms with van der Waals surface area (Å²) in [4.78, 5) is 10.9. The third kappa shape index (κ3) is 5.20. The molecule has 1 rings (SSSR count). The highest BCUT2D eigenvalue weighted by atomic mass is 79.9. The molecule has 0 saturated heterocycles. The number of aliphatic hydroxyl groups excluding tert-OH is 1. The zero-order valence-electron chi connectivity index (χ0n) is 11.0. The molecule has 0 saturated carbocycles. The molecule has 4 nitrogen and oxygen atoms in total. The van der Waals surface area contributed by atoms with E-state index in [1.54, 1.807) is 18.2 Å². The average Bonchev–Trinajstić information content (AvgIpc) is 2.36. The van der Waals surface area contributed by atoms with Gasteiger partial charge in [0.2, 0.25) is 0 Å². The van der Waals surface area contributed by atoms with E-state index in [2.05, 4.69) is 28.2 Å². The molecule has 1 atom stereocenters. The number of benzene rings is 1. The van der Waals surface area contributed by atoms with E-state index >= 15 is 0 Å². The summed E-state index contributed by atoms with van der Waals surface area (Å²) in [6.45, 7) is 3.11. The van der Waals surface area contributed by atoms with Gasteiger partial charge in [-0.3, -0.25) is 0 Å². The first-order valence-corrected chi connectivity index (χ1v) is 7.25. The first-order valence-electron chi connectivity index (χ1n) is 6.46. The van der Waals surface area contributed by atoms with Gasteiger partial charge in [-0.2, -0.15) is 0 Å². The van der Waals surface area contributed by atoms with Crippen molar-refractivity contribution in [2.75, 3.05) is 18.5 Å². The number of carboxylic acids is 1. The summed E-state index contributed by atoms with van der Waals surface area (Å²) in [5.74, 6) is -0.504. The van der Waals surface area contributed by atoms with Crippen LogP contribution in [0.25, 0.3) is 0 Å². The van der Waals surface area contributed by atoms with Gasteiger partial charge in [0.15, 0.2) is 0 Å². The summed E-state index contributed by atoms with van der Waals surface area (Å²) in [5, 5.41) is 21.2. The number of nitrogens with one attached hydrogen (secondary N) is 1. The molecular formula is C14H20BrNO3. The highest BCUT2D eigenvalue weighted by molar-refractivity contribution is 9.10. The predicted octanol–water partition coefficient (Wildman–Crippen LogP) is 3.36. The van der Waals surface area contributed by atoms with E-state index in [0.29, 0.717) is 10.4 Å². The molecular weight excluding hydrogens is 310 g/mol. The van der Waals surface area contributed by atoms with Gasteiger partial charge in [-0.1, -0.05) is 13.3 Å². The Morgan fingerprint density at radius 3 is 2.68 bits per heavy atom. The fourth-order valence-corrected chi connectivity index (χ4v) is 2.55. The molecule has 1 aromatic rings. The van der Waals surface area contributed by atoms with Gasteiger partial charge in [-0.25, -0.2) is 4.79 Å². The van der Waals surface area contributed by atoms with Crippen LogP contribution in [0.2, 0.25) is 0 Å². The molecule has 0 aliphatic carbocycles. The molecule has 0 heterocycles. The molecule has 0 aromatic heterocycles. The Labute approximate surface area is 122 Å². The van der Waals surface area contributed by atoms with Crippen molar-refractivity contribution in [2.45, 2.75) is 26.2 Å². The maximum Gasteiger partial charge on any atom is 0.336 e. The maximum atomic E-state index is 10.9. The number of carbonyl (C=O) groups is 1. The van der Waals surface area contributed by atoms with Gasteiger partial charge in [0, 0.05) is 23.3 Å². The second kappa shape index (κ2) is 8.17. The minimum Gasteiger partial charge on any atom is -0.478 e. The van der Waals surface area contributed by atoms with Crippen molar-refractivity contribution in [3.63, 3.8) is 0 Å². The molecule has 1 aromatic carbocycles. The van der Waals surface area contributed by atoms with E-state index in [4.69, 9.17) is 10.2 Å². The Hall–Kier alpha value is -1.07. The van der Waals surface area contributed by atoms with Crippen molar-refractivity contribution in [3.8, 4) is 0 Å². The quantitative estimate of drug-likeness (QED) is 0.684. The molecule has 0 spiro atoms. The Balaban J connectivity index is 2.62. The molecule has 1 unspecified atom stereocenters. The largest absolute Gasteiger partial charge is 0.478 e. The molecule has 5 heteroatoms. The summed E-state index contributed by atoms with van der Waals surface area (Å²) in [7, 11) is 0. The normalized spacial score (nSPS) is 12.2. The van der Waals surface area contributed by atoms with Crippen molar-refractivity contribution in [1.82, 2.24) is 0 Å². The number of aliphatic hydroxyl groups is 1. The number of hydrogen-bond donors (Lipinski definition) is 3. The van der Waals surface area contributed by atoms with Gasteiger partial charge in [0.1, 0.15) is 0 Å². The van der Waals surface area contributed by atoms with Crippen LogP contribution in [0.15, 0.2) is 22.7 Å². The van der Waals surface area contributed by atoms with E-state index in [0.717, 1.165) is 31.5 Å². The van der Waals surface area contributed by atoms with Crippen LogP contribution >= 0.6 is 15.9 Å². The van der Waals surface area contributed by atoms with Crippen molar-refractivity contribution in [1.29, 1.82) is 0 Å². The highest BCUT2D eigenvalue weighted by Gasteiger charge is 2.10. The van der Waals surface area contributed by atoms with Crippen molar-refractivity contribution < 1.29 is 15.0 Å². The number of anilines is 1. The fraction of sp³-hybridized carbons (Fsp3) is 0.500. The summed E-state index contributed by atoms with van der Waals surface area (Å²) in [5.41, 5.74) is 1.14. The lowest BCUT2D eigenvalue weighted by Gasteiger charge is -2.16. The highest BCUT2D eigenvalue weighted by Crippen LogP contribution is 2.22. The van der Waals surface area contributed by atoms with Crippen molar-refractivity contribution >= 4 is 27.6 Å². The lowest BCUT2D eigenvalue weighted by atomic mass is 10.00. The fourth-order valence-electron chi connectivity index (χ4n) is 2.00. The van der Waals surface area contributed by atoms with Gasteiger partial charge < -0.3 is 15.5 Å². The maximum absolute atomic E-state index is 10.9. The average molecular weight is 330 g/mol. The number of aromatic carboxylic acids is 1. The molecule has 3 N–H and O–H groups in total. The zero-order valence-corrected chi connectivity index (χ0v) is 12.6. The number of carboxylic acid groups (broad SMARTS) is 1. The SMILES string of the molecule is CCCC(CCO)CNc1ccc(C(=O)O)c(Br)c1. The zero-order chi connectivity index (χ0) is 14.3. The Bertz CT molecular complexity index is 417. The van der Waals surface area contributed by atoms with Crippen LogP contribution in [0.5, 0.6) is 0 Å². The lowest BCUT2D eigenvalue weighted by molar-refractivity contribution is 0.0696. The molecule has 0 aliphatic rings. The molecule has 0 bridgehead atoms. The Kier molecular flexibility index (Phi) is 6.87. The summed E-state index contributed by atoms with van der Waals surface area (Å²) in [6.07, 6.45) is 2.95. The van der Waals surface area contributed by atoms with Crippen LogP contribution in [-0.2, 0) is 0 Å². The standard InChI is InChI=1S/C14H20BrNO3/c1-2-3-10(6-7-17)9-16-11-4-5-12(14(18)19)13(15)8-11/h4-5,8,10,16-17H,2-3,6-7,9H2,1H3,(H,18,19). The molecule has 0 fully saturated rings. The lowest BCUT2D eigenvalue weighted by Crippen LogP contribution is -2.15. The minimum atomic E-state index is -0.942. The molecule has 0 radical (unpaired) electrons. The van der Waals surface area contributed by atoms with Crippen LogP contribution in [0.1, 0.15) is 36.5 Å². The monoisotopic (exact) mass is 329 g/mol. The van der Waals surface area contributed by atoms with Gasteiger partial charge >= 0.3 is 5.97 Å². The second-order valence-electron chi connectivity index (χ2n) is 4.55. The van der Waals surface area contributed by atoms with E-state index in [1.807, 2.05) is 0 Å². The summed E-state index contributed by atoms with van der Waals surface area (Å²) >= 11 is 3.26. The van der Waals surface area contributed by atoms with E-state index in [9.17, 15) is 4.79 Å². The van der Waals surface area contributed by atoms with Gasteiger partial charge in [-0.15, -0.1) is 0 Å². The van der Waals surface area contributed by atoms with E-state index in [-0.39, 0.29) is 12.2 Å². The Morgan fingerprint density at radius 2 is 2.16 bits per heavy atom. The van der Waals surface area contributed by atoms with Gasteiger partial charge in [0.25, 0.3) is 0 Å². The van der Waals surface area contributed by atoms with Crippen LogP contribution < -0.4 is 5.32 Å². The molecule has 0 aliphatic heterocycles. The smallest absolute Gasteiger partial charge is 0.336 e. The third-order valence-electron chi connectivity index (χ3n) is 3.03.